The Kier molecular flexibility index (Phi) is 3.78. The summed E-state index contributed by atoms with van der Waals surface area (Å²) in [6.07, 6.45) is 2.15. The lowest BCUT2D eigenvalue weighted by atomic mass is 10.2. The van der Waals surface area contributed by atoms with E-state index in [0.717, 1.165) is 12.3 Å². The molecule has 0 radical (unpaired) electrons. The maximum Gasteiger partial charge on any atom is 0.119 e. The number of rotatable bonds is 5. The lowest BCUT2D eigenvalue weighted by Crippen LogP contribution is -1.98. The lowest BCUT2D eigenvalue weighted by Gasteiger charge is -2.05. The molecule has 3 heteroatoms. The number of hydrogen-bond acceptors (Lipinski definition) is 2. The molecule has 0 amide bonds. The van der Waals surface area contributed by atoms with E-state index in [4.69, 9.17) is 4.74 Å². The largest absolute Gasteiger partial charge is 0.497 e. The second kappa shape index (κ2) is 5.30. The molecule has 0 bridgehead atoms. The molecular formula is C13H17NOS. The monoisotopic (exact) mass is 235 g/mol. The minimum absolute atomic E-state index is 0.924. The van der Waals surface area contributed by atoms with Crippen LogP contribution in [0.5, 0.6) is 5.75 Å². The molecule has 1 aromatic carbocycles. The quantitative estimate of drug-likeness (QED) is 0.737. The van der Waals surface area contributed by atoms with Crippen LogP contribution in [0, 0.1) is 0 Å². The Morgan fingerprint density at radius 2 is 2.19 bits per heavy atom. The van der Waals surface area contributed by atoms with Crippen molar-refractivity contribution in [1.82, 2.24) is 4.57 Å². The van der Waals surface area contributed by atoms with Crippen LogP contribution in [-0.4, -0.2) is 23.2 Å². The minimum Gasteiger partial charge on any atom is -0.497 e. The summed E-state index contributed by atoms with van der Waals surface area (Å²) in [5.41, 5.74) is 1.29. The van der Waals surface area contributed by atoms with Crippen LogP contribution in [0.3, 0.4) is 0 Å². The van der Waals surface area contributed by atoms with Gasteiger partial charge in [0.2, 0.25) is 0 Å². The van der Waals surface area contributed by atoms with Crippen LogP contribution in [0.2, 0.25) is 0 Å². The number of fused-ring (bicyclic) bond motifs is 1. The Bertz CT molecular complexity index is 464. The van der Waals surface area contributed by atoms with E-state index in [1.165, 1.54) is 22.4 Å². The normalized spacial score (nSPS) is 10.9. The number of aryl methyl sites for hydroxylation is 1. The topological polar surface area (TPSA) is 14.2 Å². The van der Waals surface area contributed by atoms with Gasteiger partial charge in [-0.3, -0.25) is 0 Å². The minimum atomic E-state index is 0.924. The van der Waals surface area contributed by atoms with Crippen molar-refractivity contribution in [3.8, 4) is 5.75 Å². The number of ether oxygens (including phenoxy) is 1. The third kappa shape index (κ3) is 2.35. The molecule has 0 aliphatic carbocycles. The van der Waals surface area contributed by atoms with Gasteiger partial charge in [-0.2, -0.15) is 11.8 Å². The van der Waals surface area contributed by atoms with Gasteiger partial charge in [-0.15, -0.1) is 0 Å². The van der Waals surface area contributed by atoms with E-state index in [0.29, 0.717) is 0 Å². The van der Waals surface area contributed by atoms with Gasteiger partial charge in [-0.25, -0.2) is 0 Å². The summed E-state index contributed by atoms with van der Waals surface area (Å²) in [5, 5.41) is 1.25. The van der Waals surface area contributed by atoms with Crippen LogP contribution in [0.25, 0.3) is 10.9 Å². The van der Waals surface area contributed by atoms with Gasteiger partial charge in [0.15, 0.2) is 0 Å². The molecule has 0 spiro atoms. The summed E-state index contributed by atoms with van der Waals surface area (Å²) in [4.78, 5) is 0. The zero-order valence-electron chi connectivity index (χ0n) is 9.77. The van der Waals surface area contributed by atoms with E-state index in [2.05, 4.69) is 35.9 Å². The number of nitrogens with zero attached hydrogens (tertiary/aromatic N) is 1. The van der Waals surface area contributed by atoms with Crippen molar-refractivity contribution in [2.75, 3.05) is 18.6 Å². The Balaban J connectivity index is 2.20. The predicted molar refractivity (Wildman–Crippen MR) is 71.5 cm³/mol. The molecule has 0 aliphatic rings. The highest BCUT2D eigenvalue weighted by Gasteiger charge is 2.01. The molecule has 0 N–H and O–H groups in total. The van der Waals surface area contributed by atoms with Gasteiger partial charge in [0.1, 0.15) is 5.75 Å². The van der Waals surface area contributed by atoms with Crippen LogP contribution in [-0.2, 0) is 6.54 Å². The van der Waals surface area contributed by atoms with E-state index in [-0.39, 0.29) is 0 Å². The Labute approximate surface area is 101 Å². The molecule has 0 unspecified atom stereocenters. The van der Waals surface area contributed by atoms with Crippen molar-refractivity contribution in [2.24, 2.45) is 0 Å². The summed E-state index contributed by atoms with van der Waals surface area (Å²) in [6, 6.07) is 8.38. The van der Waals surface area contributed by atoms with Crippen LogP contribution in [0.4, 0.5) is 0 Å². The van der Waals surface area contributed by atoms with Crippen molar-refractivity contribution < 1.29 is 4.74 Å². The summed E-state index contributed by atoms with van der Waals surface area (Å²) in [7, 11) is 1.70. The molecule has 0 atom stereocenters. The molecule has 0 saturated heterocycles. The van der Waals surface area contributed by atoms with Gasteiger partial charge in [-0.1, -0.05) is 6.92 Å². The zero-order chi connectivity index (χ0) is 11.4. The fourth-order valence-corrected chi connectivity index (χ4v) is 2.42. The number of aromatic nitrogens is 1. The highest BCUT2D eigenvalue weighted by atomic mass is 32.2. The maximum absolute atomic E-state index is 5.22. The second-order valence-corrected chi connectivity index (χ2v) is 5.02. The molecule has 0 saturated carbocycles. The first kappa shape index (κ1) is 11.4. The predicted octanol–water partition coefficient (Wildman–Crippen LogP) is 3.40. The fraction of sp³-hybridized carbons (Fsp3) is 0.385. The molecule has 2 rings (SSSR count). The van der Waals surface area contributed by atoms with E-state index in [1.54, 1.807) is 7.11 Å². The van der Waals surface area contributed by atoms with Gasteiger partial charge >= 0.3 is 0 Å². The van der Waals surface area contributed by atoms with Crippen molar-refractivity contribution in [3.05, 3.63) is 30.5 Å². The molecule has 2 nitrogen and oxygen atoms in total. The summed E-state index contributed by atoms with van der Waals surface area (Å²) >= 11 is 1.98. The van der Waals surface area contributed by atoms with Gasteiger partial charge in [0, 0.05) is 29.4 Å². The number of hydrogen-bond donors (Lipinski definition) is 0. The first-order valence-corrected chi connectivity index (χ1v) is 6.71. The molecule has 1 heterocycles. The lowest BCUT2D eigenvalue weighted by molar-refractivity contribution is 0.415. The standard InChI is InChI=1S/C13H17NOS/c1-3-16-9-8-14-7-6-11-10-12(15-2)4-5-13(11)14/h4-7,10H,3,8-9H2,1-2H3. The van der Waals surface area contributed by atoms with E-state index in [1.807, 2.05) is 17.8 Å². The van der Waals surface area contributed by atoms with Crippen LogP contribution >= 0.6 is 11.8 Å². The van der Waals surface area contributed by atoms with Crippen LogP contribution in [0.1, 0.15) is 6.92 Å². The average Bonchev–Trinajstić information content (AvgIpc) is 2.72. The third-order valence-corrected chi connectivity index (χ3v) is 3.54. The summed E-state index contributed by atoms with van der Waals surface area (Å²) in [6.45, 7) is 3.28. The third-order valence-electron chi connectivity index (χ3n) is 2.66. The van der Waals surface area contributed by atoms with Crippen molar-refractivity contribution in [1.29, 1.82) is 0 Å². The van der Waals surface area contributed by atoms with E-state index < -0.39 is 0 Å². The number of methoxy groups -OCH3 is 1. The molecule has 1 aromatic heterocycles. The first-order chi connectivity index (χ1) is 7.85. The van der Waals surface area contributed by atoms with Gasteiger partial charge in [0.25, 0.3) is 0 Å². The maximum atomic E-state index is 5.22. The summed E-state index contributed by atoms with van der Waals surface area (Å²) < 4.78 is 7.52. The Morgan fingerprint density at radius 1 is 1.31 bits per heavy atom. The SMILES string of the molecule is CCSCCn1ccc2cc(OC)ccc21. The average molecular weight is 235 g/mol. The first-order valence-electron chi connectivity index (χ1n) is 5.55. The molecule has 16 heavy (non-hydrogen) atoms. The van der Waals surface area contributed by atoms with Gasteiger partial charge < -0.3 is 9.30 Å². The van der Waals surface area contributed by atoms with Crippen molar-refractivity contribution >= 4 is 22.7 Å². The Morgan fingerprint density at radius 3 is 2.94 bits per heavy atom. The van der Waals surface area contributed by atoms with Gasteiger partial charge in [-0.05, 0) is 30.0 Å². The molecule has 0 fully saturated rings. The second-order valence-electron chi connectivity index (χ2n) is 3.63. The van der Waals surface area contributed by atoms with Crippen LogP contribution < -0.4 is 4.74 Å². The number of thioether (sulfide) groups is 1. The zero-order valence-corrected chi connectivity index (χ0v) is 10.6. The highest BCUT2D eigenvalue weighted by molar-refractivity contribution is 7.99. The van der Waals surface area contributed by atoms with Gasteiger partial charge in [0.05, 0.1) is 7.11 Å². The van der Waals surface area contributed by atoms with Crippen LogP contribution in [0.15, 0.2) is 30.5 Å². The Hall–Kier alpha value is -1.09. The highest BCUT2D eigenvalue weighted by Crippen LogP contribution is 2.22. The molecule has 86 valence electrons. The molecule has 0 aliphatic heterocycles. The fourth-order valence-electron chi connectivity index (χ4n) is 1.81. The molecule has 2 aromatic rings. The number of benzene rings is 1. The van der Waals surface area contributed by atoms with Crippen molar-refractivity contribution in [3.63, 3.8) is 0 Å². The smallest absolute Gasteiger partial charge is 0.119 e. The molecular weight excluding hydrogens is 218 g/mol. The summed E-state index contributed by atoms with van der Waals surface area (Å²) in [5.74, 6) is 3.28. The van der Waals surface area contributed by atoms with Crippen molar-refractivity contribution in [2.45, 2.75) is 13.5 Å². The van der Waals surface area contributed by atoms with E-state index in [9.17, 15) is 0 Å². The van der Waals surface area contributed by atoms with E-state index >= 15 is 0 Å².